The highest BCUT2D eigenvalue weighted by Gasteiger charge is 2.18. The first-order chi connectivity index (χ1) is 8.80. The Morgan fingerprint density at radius 2 is 1.95 bits per heavy atom. The highest BCUT2D eigenvalue weighted by Crippen LogP contribution is 2.27. The van der Waals surface area contributed by atoms with Gasteiger partial charge in [0.05, 0.1) is 6.61 Å². The van der Waals surface area contributed by atoms with Crippen molar-refractivity contribution >= 4 is 22.0 Å². The van der Waals surface area contributed by atoms with Crippen LogP contribution in [0.15, 0.2) is 0 Å². The van der Waals surface area contributed by atoms with E-state index in [0.29, 0.717) is 13.2 Å². The lowest BCUT2D eigenvalue weighted by Gasteiger charge is -2.24. The molecule has 0 aromatic carbocycles. The lowest BCUT2D eigenvalue weighted by atomic mass is 9.88. The summed E-state index contributed by atoms with van der Waals surface area (Å²) in [5, 5.41) is 1.23. The Hall–Kier alpha value is -0.290. The zero-order chi connectivity index (χ0) is 14.9. The van der Waals surface area contributed by atoms with Crippen molar-refractivity contribution in [1.82, 2.24) is 4.90 Å². The van der Waals surface area contributed by atoms with E-state index in [1.807, 2.05) is 20.8 Å². The fourth-order valence-electron chi connectivity index (χ4n) is 1.31. The minimum Gasteiger partial charge on any atom is -0.444 e. The topological polar surface area (TPSA) is 38.8 Å². The number of nitrogens with zero attached hydrogens (tertiary/aromatic N) is 1. The number of amides is 1. The second-order valence-corrected chi connectivity index (χ2v) is 6.49. The standard InChI is InChI=1S/C9H19NO3.C5H9Br/c1-9(2,3)13-8(11)10(4)6-7-12-5;6-4-5-2-1-3-5/h6-7H2,1-5H3;5H,1-4H2. The fourth-order valence-corrected chi connectivity index (χ4v) is 1.95. The average Bonchev–Trinajstić information content (AvgIpc) is 2.22. The molecule has 114 valence electrons. The molecule has 1 aliphatic carbocycles. The minimum atomic E-state index is -0.432. The number of halogens is 1. The summed E-state index contributed by atoms with van der Waals surface area (Å²) >= 11 is 3.43. The van der Waals surface area contributed by atoms with E-state index in [1.165, 1.54) is 29.5 Å². The third-order valence-corrected chi connectivity index (χ3v) is 3.69. The Morgan fingerprint density at radius 1 is 1.37 bits per heavy atom. The zero-order valence-corrected chi connectivity index (χ0v) is 14.5. The molecule has 1 fully saturated rings. The van der Waals surface area contributed by atoms with E-state index in [2.05, 4.69) is 15.9 Å². The van der Waals surface area contributed by atoms with Gasteiger partial charge < -0.3 is 14.4 Å². The highest BCUT2D eigenvalue weighted by molar-refractivity contribution is 9.09. The molecule has 0 radical (unpaired) electrons. The molecule has 1 rings (SSSR count). The van der Waals surface area contributed by atoms with Crippen molar-refractivity contribution in [3.05, 3.63) is 0 Å². The van der Waals surface area contributed by atoms with Crippen molar-refractivity contribution in [2.24, 2.45) is 5.92 Å². The van der Waals surface area contributed by atoms with Crippen molar-refractivity contribution in [2.45, 2.75) is 45.6 Å². The molecule has 0 atom stereocenters. The van der Waals surface area contributed by atoms with Gasteiger partial charge in [0.15, 0.2) is 0 Å². The summed E-state index contributed by atoms with van der Waals surface area (Å²) in [7, 11) is 3.29. The van der Waals surface area contributed by atoms with E-state index < -0.39 is 5.60 Å². The maximum absolute atomic E-state index is 11.3. The van der Waals surface area contributed by atoms with Crippen LogP contribution in [-0.2, 0) is 9.47 Å². The van der Waals surface area contributed by atoms with Gasteiger partial charge in [0, 0.05) is 26.0 Å². The monoisotopic (exact) mass is 337 g/mol. The van der Waals surface area contributed by atoms with E-state index in [4.69, 9.17) is 9.47 Å². The number of carbonyl (C=O) groups excluding carboxylic acids is 1. The predicted octanol–water partition coefficient (Wildman–Crippen LogP) is 3.68. The van der Waals surface area contributed by atoms with Crippen molar-refractivity contribution < 1.29 is 14.3 Å². The highest BCUT2D eigenvalue weighted by atomic mass is 79.9. The number of carbonyl (C=O) groups is 1. The van der Waals surface area contributed by atoms with E-state index >= 15 is 0 Å². The first-order valence-corrected chi connectivity index (χ1v) is 7.91. The third-order valence-electron chi connectivity index (χ3n) is 2.78. The molecule has 0 aromatic rings. The van der Waals surface area contributed by atoms with Crippen LogP contribution in [0, 0.1) is 5.92 Å². The number of likely N-dealkylation sites (N-methyl/N-ethyl adjacent to an activating group) is 1. The number of hydrogen-bond donors (Lipinski definition) is 0. The summed E-state index contributed by atoms with van der Waals surface area (Å²) in [6.07, 6.45) is 4.08. The Balaban J connectivity index is 0.000000443. The van der Waals surface area contributed by atoms with Crippen molar-refractivity contribution in [3.8, 4) is 0 Å². The fraction of sp³-hybridized carbons (Fsp3) is 0.929. The molecule has 1 aliphatic rings. The molecule has 0 aromatic heterocycles. The quantitative estimate of drug-likeness (QED) is 0.734. The molecule has 4 nitrogen and oxygen atoms in total. The maximum Gasteiger partial charge on any atom is 0.410 e. The van der Waals surface area contributed by atoms with Crippen LogP contribution in [-0.4, -0.2) is 49.2 Å². The minimum absolute atomic E-state index is 0.315. The van der Waals surface area contributed by atoms with E-state index in [9.17, 15) is 4.79 Å². The third kappa shape index (κ3) is 10.2. The van der Waals surface area contributed by atoms with E-state index in [-0.39, 0.29) is 6.09 Å². The van der Waals surface area contributed by atoms with Gasteiger partial charge in [-0.1, -0.05) is 22.4 Å². The normalized spacial score (nSPS) is 15.1. The molecule has 0 bridgehead atoms. The molecule has 1 saturated carbocycles. The van der Waals surface area contributed by atoms with E-state index in [0.717, 1.165) is 5.92 Å². The Bertz CT molecular complexity index is 247. The van der Waals surface area contributed by atoms with Gasteiger partial charge in [-0.2, -0.15) is 0 Å². The number of alkyl halides is 1. The molecule has 5 heteroatoms. The molecule has 0 aliphatic heterocycles. The molecule has 1 amide bonds. The number of methoxy groups -OCH3 is 1. The average molecular weight is 338 g/mol. The van der Waals surface area contributed by atoms with Gasteiger partial charge in [0.2, 0.25) is 0 Å². The second-order valence-electron chi connectivity index (χ2n) is 5.85. The molecule has 0 unspecified atom stereocenters. The first kappa shape index (κ1) is 18.7. The molecule has 0 spiro atoms. The van der Waals surface area contributed by atoms with Crippen molar-refractivity contribution in [3.63, 3.8) is 0 Å². The zero-order valence-electron chi connectivity index (χ0n) is 12.9. The van der Waals surface area contributed by atoms with Gasteiger partial charge in [-0.3, -0.25) is 0 Å². The lowest BCUT2D eigenvalue weighted by Crippen LogP contribution is -2.35. The largest absolute Gasteiger partial charge is 0.444 e. The van der Waals surface area contributed by atoms with E-state index in [1.54, 1.807) is 14.2 Å². The molecular weight excluding hydrogens is 310 g/mol. The van der Waals surface area contributed by atoms with Crippen LogP contribution in [0.5, 0.6) is 0 Å². The van der Waals surface area contributed by atoms with Crippen molar-refractivity contribution in [2.75, 3.05) is 32.6 Å². The van der Waals surface area contributed by atoms with Gasteiger partial charge in [-0.25, -0.2) is 4.79 Å². The first-order valence-electron chi connectivity index (χ1n) is 6.79. The molecule has 0 N–H and O–H groups in total. The molecule has 0 saturated heterocycles. The Kier molecular flexibility index (Phi) is 9.44. The Labute approximate surface area is 125 Å². The van der Waals surface area contributed by atoms with Gasteiger partial charge in [0.1, 0.15) is 5.60 Å². The maximum atomic E-state index is 11.3. The van der Waals surface area contributed by atoms with Crippen molar-refractivity contribution in [1.29, 1.82) is 0 Å². The summed E-state index contributed by atoms with van der Waals surface area (Å²) in [6.45, 7) is 6.60. The lowest BCUT2D eigenvalue weighted by molar-refractivity contribution is 0.0256. The van der Waals surface area contributed by atoms with Gasteiger partial charge in [0.25, 0.3) is 0 Å². The molecule has 19 heavy (non-hydrogen) atoms. The number of rotatable bonds is 4. The Morgan fingerprint density at radius 3 is 2.21 bits per heavy atom. The van der Waals surface area contributed by atoms with Crippen LogP contribution in [0.25, 0.3) is 0 Å². The van der Waals surface area contributed by atoms with Crippen LogP contribution in [0.1, 0.15) is 40.0 Å². The smallest absolute Gasteiger partial charge is 0.410 e. The summed E-state index contributed by atoms with van der Waals surface area (Å²) in [5.41, 5.74) is -0.432. The predicted molar refractivity (Wildman–Crippen MR) is 81.9 cm³/mol. The molecule has 0 heterocycles. The van der Waals surface area contributed by atoms with Crippen LogP contribution in [0.3, 0.4) is 0 Å². The number of ether oxygens (including phenoxy) is 2. The summed E-state index contributed by atoms with van der Waals surface area (Å²) in [6, 6.07) is 0. The number of hydrogen-bond acceptors (Lipinski definition) is 3. The van der Waals surface area contributed by atoms with Gasteiger partial charge in [-0.15, -0.1) is 0 Å². The summed E-state index contributed by atoms with van der Waals surface area (Å²) < 4.78 is 9.97. The van der Waals surface area contributed by atoms with Crippen LogP contribution in [0.2, 0.25) is 0 Å². The molecular formula is C14H28BrNO3. The SMILES string of the molecule is BrCC1CCC1.COCCN(C)C(=O)OC(C)(C)C. The summed E-state index contributed by atoms with van der Waals surface area (Å²) in [4.78, 5) is 12.8. The van der Waals surface area contributed by atoms with Crippen LogP contribution < -0.4 is 0 Å². The van der Waals surface area contributed by atoms with Gasteiger partial charge in [-0.05, 0) is 39.5 Å². The van der Waals surface area contributed by atoms with Crippen LogP contribution >= 0.6 is 15.9 Å². The second kappa shape index (κ2) is 9.59. The van der Waals surface area contributed by atoms with Gasteiger partial charge >= 0.3 is 6.09 Å². The summed E-state index contributed by atoms with van der Waals surface area (Å²) in [5.74, 6) is 1.03. The van der Waals surface area contributed by atoms with Crippen LogP contribution in [0.4, 0.5) is 4.79 Å².